The molecule has 1 N–H and O–H groups in total. The second kappa shape index (κ2) is 4.89. The summed E-state index contributed by atoms with van der Waals surface area (Å²) in [6.07, 6.45) is 1.48. The zero-order chi connectivity index (χ0) is 12.4. The van der Waals surface area contributed by atoms with E-state index in [1.165, 1.54) is 11.1 Å². The third-order valence-corrected chi connectivity index (χ3v) is 4.02. The quantitative estimate of drug-likeness (QED) is 0.897. The van der Waals surface area contributed by atoms with Crippen LogP contribution in [0.25, 0.3) is 11.3 Å². The smallest absolute Gasteiger partial charge is 0.107 e. The van der Waals surface area contributed by atoms with Crippen LogP contribution in [0.5, 0.6) is 0 Å². The summed E-state index contributed by atoms with van der Waals surface area (Å²) < 4.78 is 0. The van der Waals surface area contributed by atoms with E-state index in [4.69, 9.17) is 5.26 Å². The van der Waals surface area contributed by atoms with Gasteiger partial charge in [-0.05, 0) is 30.2 Å². The number of thiazole rings is 1. The van der Waals surface area contributed by atoms with E-state index in [0.29, 0.717) is 6.42 Å². The van der Waals surface area contributed by atoms with Crippen molar-refractivity contribution in [3.63, 3.8) is 0 Å². The molecule has 0 aliphatic carbocycles. The van der Waals surface area contributed by atoms with Crippen molar-refractivity contribution >= 4 is 11.3 Å². The third-order valence-electron chi connectivity index (χ3n) is 3.17. The van der Waals surface area contributed by atoms with Gasteiger partial charge >= 0.3 is 0 Å². The number of nitrogens with one attached hydrogen (secondary N) is 1. The molecule has 2 aromatic rings. The summed E-state index contributed by atoms with van der Waals surface area (Å²) in [6.45, 7) is 2.01. The van der Waals surface area contributed by atoms with Crippen molar-refractivity contribution in [1.29, 1.82) is 5.26 Å². The van der Waals surface area contributed by atoms with Gasteiger partial charge in [-0.3, -0.25) is 0 Å². The van der Waals surface area contributed by atoms with Crippen molar-refractivity contribution in [2.24, 2.45) is 0 Å². The van der Waals surface area contributed by atoms with Gasteiger partial charge in [0.1, 0.15) is 5.01 Å². The van der Waals surface area contributed by atoms with Crippen LogP contribution >= 0.6 is 11.3 Å². The zero-order valence-corrected chi connectivity index (χ0v) is 10.8. The van der Waals surface area contributed by atoms with Gasteiger partial charge in [0.25, 0.3) is 0 Å². The molecule has 0 saturated carbocycles. The highest BCUT2D eigenvalue weighted by Gasteiger charge is 2.11. The lowest BCUT2D eigenvalue weighted by Gasteiger charge is -2.17. The van der Waals surface area contributed by atoms with E-state index >= 15 is 0 Å². The number of rotatable bonds is 2. The van der Waals surface area contributed by atoms with Crippen LogP contribution in [0.15, 0.2) is 23.6 Å². The van der Waals surface area contributed by atoms with Gasteiger partial charge in [-0.2, -0.15) is 5.26 Å². The summed E-state index contributed by atoms with van der Waals surface area (Å²) in [5.74, 6) is 0. The fourth-order valence-corrected chi connectivity index (χ4v) is 2.96. The van der Waals surface area contributed by atoms with E-state index in [-0.39, 0.29) is 0 Å². The molecule has 0 saturated heterocycles. The molecule has 1 aliphatic heterocycles. The van der Waals surface area contributed by atoms with Gasteiger partial charge in [-0.1, -0.05) is 12.1 Å². The first kappa shape index (κ1) is 11.4. The van der Waals surface area contributed by atoms with Crippen molar-refractivity contribution in [2.75, 3.05) is 6.54 Å². The Morgan fingerprint density at radius 3 is 3.22 bits per heavy atom. The van der Waals surface area contributed by atoms with Crippen LogP contribution in [0.3, 0.4) is 0 Å². The number of nitriles is 1. The van der Waals surface area contributed by atoms with Gasteiger partial charge in [0.2, 0.25) is 0 Å². The highest BCUT2D eigenvalue weighted by atomic mass is 32.1. The van der Waals surface area contributed by atoms with Gasteiger partial charge in [0.05, 0.1) is 18.2 Å². The average Bonchev–Trinajstić information content (AvgIpc) is 2.87. The van der Waals surface area contributed by atoms with Crippen molar-refractivity contribution in [2.45, 2.75) is 19.4 Å². The summed E-state index contributed by atoms with van der Waals surface area (Å²) >= 11 is 1.56. The zero-order valence-electron chi connectivity index (χ0n) is 9.94. The number of aromatic nitrogens is 1. The Labute approximate surface area is 110 Å². The molecule has 1 aromatic carbocycles. The SMILES string of the molecule is N#CCc1nc(-c2ccc3c(c2)CCNC3)cs1. The van der Waals surface area contributed by atoms with Crippen LogP contribution in [0.2, 0.25) is 0 Å². The van der Waals surface area contributed by atoms with Crippen LogP contribution in [-0.4, -0.2) is 11.5 Å². The molecule has 1 aliphatic rings. The molecule has 0 radical (unpaired) electrons. The van der Waals surface area contributed by atoms with E-state index in [2.05, 4.69) is 34.6 Å². The average molecular weight is 255 g/mol. The van der Waals surface area contributed by atoms with Crippen LogP contribution in [-0.2, 0) is 19.4 Å². The van der Waals surface area contributed by atoms with Crippen molar-refractivity contribution in [3.8, 4) is 17.3 Å². The lowest BCUT2D eigenvalue weighted by molar-refractivity contribution is 0.644. The molecule has 3 rings (SSSR count). The molecule has 4 heteroatoms. The van der Waals surface area contributed by atoms with E-state index < -0.39 is 0 Å². The lowest BCUT2D eigenvalue weighted by Crippen LogP contribution is -2.23. The molecule has 1 aromatic heterocycles. The molecular weight excluding hydrogens is 242 g/mol. The summed E-state index contributed by atoms with van der Waals surface area (Å²) in [5.41, 5.74) is 4.96. The van der Waals surface area contributed by atoms with Crippen LogP contribution in [0, 0.1) is 11.3 Å². The Kier molecular flexibility index (Phi) is 3.09. The van der Waals surface area contributed by atoms with E-state index in [0.717, 1.165) is 35.8 Å². The molecule has 0 amide bonds. The molecular formula is C14H13N3S. The number of hydrogen-bond acceptors (Lipinski definition) is 4. The maximum atomic E-state index is 8.67. The minimum absolute atomic E-state index is 0.402. The number of nitrogens with zero attached hydrogens (tertiary/aromatic N) is 2. The molecule has 2 heterocycles. The monoisotopic (exact) mass is 255 g/mol. The Balaban J connectivity index is 1.93. The van der Waals surface area contributed by atoms with Crippen molar-refractivity contribution < 1.29 is 0 Å². The van der Waals surface area contributed by atoms with Crippen LogP contribution < -0.4 is 5.32 Å². The normalized spacial score (nSPS) is 13.9. The fraction of sp³-hybridized carbons (Fsp3) is 0.286. The number of fused-ring (bicyclic) bond motifs is 1. The summed E-state index contributed by atoms with van der Waals surface area (Å²) in [6, 6.07) is 8.68. The Morgan fingerprint density at radius 1 is 1.39 bits per heavy atom. The lowest BCUT2D eigenvalue weighted by atomic mass is 9.98. The minimum atomic E-state index is 0.402. The number of benzene rings is 1. The van der Waals surface area contributed by atoms with Gasteiger partial charge < -0.3 is 5.32 Å². The summed E-state index contributed by atoms with van der Waals surface area (Å²) in [7, 11) is 0. The Hall–Kier alpha value is -1.70. The predicted molar refractivity (Wildman–Crippen MR) is 72.3 cm³/mol. The minimum Gasteiger partial charge on any atom is -0.312 e. The Morgan fingerprint density at radius 2 is 2.33 bits per heavy atom. The molecule has 0 atom stereocenters. The van der Waals surface area contributed by atoms with Gasteiger partial charge in [0.15, 0.2) is 0 Å². The first-order valence-electron chi connectivity index (χ1n) is 6.01. The number of hydrogen-bond donors (Lipinski definition) is 1. The summed E-state index contributed by atoms with van der Waals surface area (Å²) in [5, 5.41) is 15.0. The summed E-state index contributed by atoms with van der Waals surface area (Å²) in [4.78, 5) is 4.50. The van der Waals surface area contributed by atoms with E-state index in [1.807, 2.05) is 5.38 Å². The maximum absolute atomic E-state index is 8.67. The second-order valence-electron chi connectivity index (χ2n) is 4.37. The predicted octanol–water partition coefficient (Wildman–Crippen LogP) is 2.52. The Bertz CT molecular complexity index is 610. The molecule has 3 nitrogen and oxygen atoms in total. The topological polar surface area (TPSA) is 48.7 Å². The maximum Gasteiger partial charge on any atom is 0.107 e. The van der Waals surface area contributed by atoms with Gasteiger partial charge in [-0.15, -0.1) is 11.3 Å². The highest BCUT2D eigenvalue weighted by molar-refractivity contribution is 7.10. The molecule has 0 bridgehead atoms. The van der Waals surface area contributed by atoms with Crippen molar-refractivity contribution in [1.82, 2.24) is 10.3 Å². The highest BCUT2D eigenvalue weighted by Crippen LogP contribution is 2.25. The molecule has 0 fully saturated rings. The second-order valence-corrected chi connectivity index (χ2v) is 5.31. The van der Waals surface area contributed by atoms with Crippen molar-refractivity contribution in [3.05, 3.63) is 39.7 Å². The standard InChI is InChI=1S/C14H13N3S/c15-5-3-14-17-13(9-18-14)11-1-2-12-8-16-6-4-10(12)7-11/h1-2,7,9,16H,3-4,6,8H2. The molecule has 0 spiro atoms. The fourth-order valence-electron chi connectivity index (χ4n) is 2.23. The third kappa shape index (κ3) is 2.15. The first-order chi connectivity index (χ1) is 8.86. The first-order valence-corrected chi connectivity index (χ1v) is 6.89. The largest absolute Gasteiger partial charge is 0.312 e. The van der Waals surface area contributed by atoms with E-state index in [9.17, 15) is 0 Å². The van der Waals surface area contributed by atoms with Gasteiger partial charge in [0, 0.05) is 17.5 Å². The van der Waals surface area contributed by atoms with Crippen LogP contribution in [0.1, 0.15) is 16.1 Å². The van der Waals surface area contributed by atoms with Gasteiger partial charge in [-0.25, -0.2) is 4.98 Å². The van der Waals surface area contributed by atoms with E-state index in [1.54, 1.807) is 11.3 Å². The molecule has 90 valence electrons. The molecule has 0 unspecified atom stereocenters. The molecule has 18 heavy (non-hydrogen) atoms. The van der Waals surface area contributed by atoms with Crippen LogP contribution in [0.4, 0.5) is 0 Å².